The van der Waals surface area contributed by atoms with Crippen molar-refractivity contribution >= 4 is 5.91 Å². The average molecular weight is 510 g/mol. The third-order valence-electron chi connectivity index (χ3n) is 7.12. The zero-order valence-corrected chi connectivity index (χ0v) is 21.8. The molecule has 0 aliphatic carbocycles. The van der Waals surface area contributed by atoms with E-state index in [4.69, 9.17) is 9.47 Å². The molecule has 1 aromatic heterocycles. The fraction of sp³-hybridized carbons (Fsp3) is 0.517. The molecule has 37 heavy (non-hydrogen) atoms. The summed E-state index contributed by atoms with van der Waals surface area (Å²) in [5.41, 5.74) is 1.54. The number of aliphatic hydroxyl groups excluding tert-OH is 1. The first kappa shape index (κ1) is 27.1. The van der Waals surface area contributed by atoms with Gasteiger partial charge in [0.1, 0.15) is 17.5 Å². The molecule has 1 amide bonds. The summed E-state index contributed by atoms with van der Waals surface area (Å²) >= 11 is 0. The van der Waals surface area contributed by atoms with Crippen LogP contribution in [0.3, 0.4) is 0 Å². The number of likely N-dealkylation sites (N-methyl/N-ethyl adjacent to an activating group) is 1. The normalized spacial score (nSPS) is 21.4. The summed E-state index contributed by atoms with van der Waals surface area (Å²) in [5, 5.41) is 9.87. The molecule has 2 aromatic rings. The maximum atomic E-state index is 13.6. The molecule has 8 heteroatoms. The Morgan fingerprint density at radius 3 is 2.59 bits per heavy atom. The quantitative estimate of drug-likeness (QED) is 0.603. The molecule has 1 aromatic carbocycles. The SMILES string of the molecule is C[C@H]1CN([C@@H](C)CO)C(=O)c2cc(C#Cc3ccc(F)cc3)cnc2O[C@H]1CN(C)CC1CCOCC1. The molecule has 4 rings (SSSR count). The number of rotatable bonds is 6. The van der Waals surface area contributed by atoms with Crippen molar-refractivity contribution in [1.29, 1.82) is 0 Å². The zero-order valence-electron chi connectivity index (χ0n) is 21.8. The van der Waals surface area contributed by atoms with Crippen LogP contribution in [0.1, 0.15) is 48.2 Å². The molecule has 0 saturated carbocycles. The standard InChI is InChI=1S/C29H36FN3O4/c1-20-16-33(21(2)19-34)29(35)26-14-24(5-4-22-6-8-25(30)9-7-22)15-31-28(26)37-27(20)18-32(3)17-23-10-12-36-13-11-23/h6-9,14-15,20-21,23,27,34H,10-13,16-19H2,1-3H3/t20-,21-,27-/m0/s1. The van der Waals surface area contributed by atoms with Gasteiger partial charge in [-0.2, -0.15) is 0 Å². The largest absolute Gasteiger partial charge is 0.472 e. The fourth-order valence-electron chi connectivity index (χ4n) is 4.82. The number of halogens is 1. The van der Waals surface area contributed by atoms with Gasteiger partial charge in [0, 0.05) is 56.1 Å². The van der Waals surface area contributed by atoms with Gasteiger partial charge in [-0.05, 0) is 63.1 Å². The maximum Gasteiger partial charge on any atom is 0.259 e. The van der Waals surface area contributed by atoms with Crippen LogP contribution < -0.4 is 4.74 Å². The molecule has 1 fully saturated rings. The smallest absolute Gasteiger partial charge is 0.259 e. The Bertz CT molecular complexity index is 1120. The van der Waals surface area contributed by atoms with E-state index in [0.717, 1.165) is 32.6 Å². The van der Waals surface area contributed by atoms with Gasteiger partial charge in [0.15, 0.2) is 0 Å². The Labute approximate surface area is 218 Å². The lowest BCUT2D eigenvalue weighted by Gasteiger charge is -2.38. The van der Waals surface area contributed by atoms with E-state index in [9.17, 15) is 14.3 Å². The number of aliphatic hydroxyl groups is 1. The molecule has 2 aliphatic rings. The third kappa shape index (κ3) is 7.07. The molecule has 3 atom stereocenters. The highest BCUT2D eigenvalue weighted by Gasteiger charge is 2.34. The second-order valence-corrected chi connectivity index (χ2v) is 10.2. The van der Waals surface area contributed by atoms with E-state index in [1.165, 1.54) is 12.1 Å². The van der Waals surface area contributed by atoms with Gasteiger partial charge in [-0.1, -0.05) is 18.8 Å². The van der Waals surface area contributed by atoms with E-state index >= 15 is 0 Å². The summed E-state index contributed by atoms with van der Waals surface area (Å²) in [6, 6.07) is 7.26. The lowest BCUT2D eigenvalue weighted by molar-refractivity contribution is 0.0254. The number of ether oxygens (including phenoxy) is 2. The highest BCUT2D eigenvalue weighted by molar-refractivity contribution is 5.97. The first-order valence-electron chi connectivity index (χ1n) is 13.0. The van der Waals surface area contributed by atoms with Gasteiger partial charge in [0.05, 0.1) is 12.6 Å². The molecule has 3 heterocycles. The van der Waals surface area contributed by atoms with E-state index < -0.39 is 0 Å². The summed E-state index contributed by atoms with van der Waals surface area (Å²) in [5.74, 6) is 6.35. The summed E-state index contributed by atoms with van der Waals surface area (Å²) in [7, 11) is 2.10. The van der Waals surface area contributed by atoms with Crippen molar-refractivity contribution in [2.45, 2.75) is 38.8 Å². The van der Waals surface area contributed by atoms with Crippen LogP contribution in [0.15, 0.2) is 36.5 Å². The molecule has 0 bridgehead atoms. The Morgan fingerprint density at radius 2 is 1.89 bits per heavy atom. The van der Waals surface area contributed by atoms with Gasteiger partial charge in [0.25, 0.3) is 5.91 Å². The summed E-state index contributed by atoms with van der Waals surface area (Å²) < 4.78 is 25.1. The number of pyridine rings is 1. The minimum Gasteiger partial charge on any atom is -0.472 e. The minimum atomic E-state index is -0.351. The van der Waals surface area contributed by atoms with Gasteiger partial charge in [0.2, 0.25) is 5.88 Å². The van der Waals surface area contributed by atoms with Crippen molar-refractivity contribution in [3.8, 4) is 17.7 Å². The predicted molar refractivity (Wildman–Crippen MR) is 139 cm³/mol. The number of amides is 1. The Balaban J connectivity index is 1.59. The van der Waals surface area contributed by atoms with Crippen molar-refractivity contribution < 1.29 is 23.8 Å². The second kappa shape index (κ2) is 12.5. The molecule has 0 unspecified atom stereocenters. The number of nitrogens with zero attached hydrogens (tertiary/aromatic N) is 3. The van der Waals surface area contributed by atoms with Crippen molar-refractivity contribution in [1.82, 2.24) is 14.8 Å². The van der Waals surface area contributed by atoms with Crippen LogP contribution in [-0.2, 0) is 4.74 Å². The lowest BCUT2D eigenvalue weighted by atomic mass is 9.97. The average Bonchev–Trinajstić information content (AvgIpc) is 2.90. The number of hydrogen-bond donors (Lipinski definition) is 1. The maximum absolute atomic E-state index is 13.6. The summed E-state index contributed by atoms with van der Waals surface area (Å²) in [6.07, 6.45) is 3.54. The van der Waals surface area contributed by atoms with Crippen LogP contribution >= 0.6 is 0 Å². The van der Waals surface area contributed by atoms with Crippen LogP contribution in [0, 0.1) is 29.5 Å². The number of fused-ring (bicyclic) bond motifs is 1. The molecule has 0 radical (unpaired) electrons. The van der Waals surface area contributed by atoms with Crippen molar-refractivity contribution in [3.63, 3.8) is 0 Å². The zero-order chi connectivity index (χ0) is 26.4. The fourth-order valence-corrected chi connectivity index (χ4v) is 4.82. The Hall–Kier alpha value is -2.99. The first-order chi connectivity index (χ1) is 17.8. The molecular formula is C29H36FN3O4. The van der Waals surface area contributed by atoms with Crippen LogP contribution in [-0.4, -0.2) is 84.4 Å². The number of aromatic nitrogens is 1. The van der Waals surface area contributed by atoms with Crippen molar-refractivity contribution in [2.75, 3.05) is 46.5 Å². The van der Waals surface area contributed by atoms with Crippen LogP contribution in [0.5, 0.6) is 5.88 Å². The van der Waals surface area contributed by atoms with E-state index in [1.54, 1.807) is 29.3 Å². The lowest BCUT2D eigenvalue weighted by Crippen LogP contribution is -2.50. The molecule has 2 aliphatic heterocycles. The van der Waals surface area contributed by atoms with E-state index in [2.05, 4.69) is 35.7 Å². The Morgan fingerprint density at radius 1 is 1.19 bits per heavy atom. The molecular weight excluding hydrogens is 473 g/mol. The number of hydrogen-bond acceptors (Lipinski definition) is 6. The van der Waals surface area contributed by atoms with Gasteiger partial charge in [-0.3, -0.25) is 4.79 Å². The first-order valence-corrected chi connectivity index (χ1v) is 13.0. The topological polar surface area (TPSA) is 75.1 Å². The molecule has 1 saturated heterocycles. The highest BCUT2D eigenvalue weighted by Crippen LogP contribution is 2.27. The number of carbonyl (C=O) groups is 1. The number of benzene rings is 1. The molecule has 0 spiro atoms. The van der Waals surface area contributed by atoms with Crippen LogP contribution in [0.25, 0.3) is 0 Å². The number of carbonyl (C=O) groups excluding carboxylic acids is 1. The van der Waals surface area contributed by atoms with Crippen molar-refractivity contribution in [3.05, 3.63) is 59.0 Å². The predicted octanol–water partition coefficient (Wildman–Crippen LogP) is 3.20. The highest BCUT2D eigenvalue weighted by atomic mass is 19.1. The Kier molecular flexibility index (Phi) is 9.14. The van der Waals surface area contributed by atoms with Gasteiger partial charge < -0.3 is 24.4 Å². The second-order valence-electron chi connectivity index (χ2n) is 10.2. The van der Waals surface area contributed by atoms with E-state index in [1.807, 2.05) is 6.92 Å². The summed E-state index contributed by atoms with van der Waals surface area (Å²) in [6.45, 7) is 7.52. The van der Waals surface area contributed by atoms with E-state index in [0.29, 0.717) is 35.7 Å². The van der Waals surface area contributed by atoms with Crippen molar-refractivity contribution in [2.24, 2.45) is 11.8 Å². The van der Waals surface area contributed by atoms with Crippen LogP contribution in [0.4, 0.5) is 4.39 Å². The third-order valence-corrected chi connectivity index (χ3v) is 7.12. The van der Waals surface area contributed by atoms with Gasteiger partial charge in [-0.25, -0.2) is 9.37 Å². The minimum absolute atomic E-state index is 0.0305. The van der Waals surface area contributed by atoms with Crippen LogP contribution in [0.2, 0.25) is 0 Å². The molecule has 198 valence electrons. The molecule has 7 nitrogen and oxygen atoms in total. The molecule has 1 N–H and O–H groups in total. The monoisotopic (exact) mass is 509 g/mol. The van der Waals surface area contributed by atoms with Gasteiger partial charge >= 0.3 is 0 Å². The summed E-state index contributed by atoms with van der Waals surface area (Å²) in [4.78, 5) is 22.1. The van der Waals surface area contributed by atoms with E-state index in [-0.39, 0.29) is 42.3 Å². The van der Waals surface area contributed by atoms with Gasteiger partial charge in [-0.15, -0.1) is 0 Å².